The molecule has 4 heteroatoms. The molecular weight excluding hydrogens is 264 g/mol. The van der Waals surface area contributed by atoms with Gasteiger partial charge in [0.25, 0.3) is 0 Å². The zero-order chi connectivity index (χ0) is 14.7. The zero-order valence-electron chi connectivity index (χ0n) is 11.7. The van der Waals surface area contributed by atoms with Crippen LogP contribution in [0.3, 0.4) is 0 Å². The number of oxazole rings is 1. The Morgan fingerprint density at radius 2 is 1.86 bits per heavy atom. The maximum atomic E-state index is 5.83. The average Bonchev–Trinajstić information content (AvgIpc) is 2.96. The lowest BCUT2D eigenvalue weighted by Crippen LogP contribution is -1.98. The Kier molecular flexibility index (Phi) is 3.60. The van der Waals surface area contributed by atoms with Crippen molar-refractivity contribution in [2.24, 2.45) is 0 Å². The van der Waals surface area contributed by atoms with Crippen molar-refractivity contribution in [3.05, 3.63) is 66.1 Å². The van der Waals surface area contributed by atoms with Crippen molar-refractivity contribution in [2.75, 3.05) is 5.73 Å². The number of nitrogens with two attached hydrogens (primary N) is 1. The van der Waals surface area contributed by atoms with Crippen molar-refractivity contribution in [3.8, 4) is 17.2 Å². The Balaban J connectivity index is 1.71. The Morgan fingerprint density at radius 3 is 2.62 bits per heavy atom. The third-order valence-electron chi connectivity index (χ3n) is 3.14. The molecule has 0 saturated heterocycles. The predicted molar refractivity (Wildman–Crippen MR) is 81.9 cm³/mol. The smallest absolute Gasteiger partial charge is 0.226 e. The Labute approximate surface area is 123 Å². The zero-order valence-corrected chi connectivity index (χ0v) is 11.7. The van der Waals surface area contributed by atoms with Gasteiger partial charge in [-0.25, -0.2) is 4.98 Å². The summed E-state index contributed by atoms with van der Waals surface area (Å²) in [5, 5.41) is 0. The molecule has 0 amide bonds. The average molecular weight is 280 g/mol. The molecule has 0 aliphatic rings. The van der Waals surface area contributed by atoms with E-state index in [1.54, 1.807) is 12.3 Å². The number of hydrogen-bond donors (Lipinski definition) is 1. The number of rotatable bonds is 4. The molecule has 0 bridgehead atoms. The highest BCUT2D eigenvalue weighted by Gasteiger charge is 2.07. The summed E-state index contributed by atoms with van der Waals surface area (Å²) in [6.45, 7) is 2.37. The maximum absolute atomic E-state index is 5.83. The minimum Gasteiger partial charge on any atom is -0.485 e. The molecule has 2 aromatic carbocycles. The highest BCUT2D eigenvalue weighted by molar-refractivity contribution is 5.54. The van der Waals surface area contributed by atoms with Gasteiger partial charge in [0.15, 0.2) is 0 Å². The van der Waals surface area contributed by atoms with E-state index in [0.717, 1.165) is 11.3 Å². The molecule has 1 heterocycles. The first-order chi connectivity index (χ1) is 10.2. The summed E-state index contributed by atoms with van der Waals surface area (Å²) in [6, 6.07) is 15.4. The van der Waals surface area contributed by atoms with Gasteiger partial charge in [-0.1, -0.05) is 29.8 Å². The molecule has 4 nitrogen and oxygen atoms in total. The number of benzene rings is 2. The van der Waals surface area contributed by atoms with Gasteiger partial charge in [0.05, 0.1) is 5.69 Å². The summed E-state index contributed by atoms with van der Waals surface area (Å²) in [7, 11) is 0. The molecule has 0 unspecified atom stereocenters. The van der Waals surface area contributed by atoms with Crippen molar-refractivity contribution < 1.29 is 9.15 Å². The van der Waals surface area contributed by atoms with Gasteiger partial charge in [0.2, 0.25) is 5.89 Å². The number of aromatic nitrogens is 1. The molecule has 0 fully saturated rings. The van der Waals surface area contributed by atoms with E-state index in [1.165, 1.54) is 5.56 Å². The van der Waals surface area contributed by atoms with Crippen LogP contribution in [0.5, 0.6) is 5.75 Å². The van der Waals surface area contributed by atoms with Crippen LogP contribution in [0.25, 0.3) is 11.5 Å². The van der Waals surface area contributed by atoms with Gasteiger partial charge in [-0.15, -0.1) is 0 Å². The molecule has 3 rings (SSSR count). The van der Waals surface area contributed by atoms with E-state index < -0.39 is 0 Å². The van der Waals surface area contributed by atoms with Crippen molar-refractivity contribution in [1.29, 1.82) is 0 Å². The minimum absolute atomic E-state index is 0.323. The van der Waals surface area contributed by atoms with Crippen molar-refractivity contribution in [2.45, 2.75) is 13.5 Å². The molecule has 0 spiro atoms. The van der Waals surface area contributed by atoms with Crippen molar-refractivity contribution in [3.63, 3.8) is 0 Å². The first kappa shape index (κ1) is 13.2. The lowest BCUT2D eigenvalue weighted by molar-refractivity contribution is 0.302. The van der Waals surface area contributed by atoms with E-state index in [2.05, 4.69) is 4.98 Å². The van der Waals surface area contributed by atoms with E-state index in [-0.39, 0.29) is 0 Å². The SMILES string of the molecule is Cc1ccc(-c2nc(COc3ccccc3N)co2)cc1. The van der Waals surface area contributed by atoms with E-state index in [1.807, 2.05) is 49.4 Å². The van der Waals surface area contributed by atoms with Crippen molar-refractivity contribution in [1.82, 2.24) is 4.98 Å². The number of hydrogen-bond acceptors (Lipinski definition) is 4. The van der Waals surface area contributed by atoms with Gasteiger partial charge in [-0.2, -0.15) is 0 Å². The molecule has 106 valence electrons. The largest absolute Gasteiger partial charge is 0.485 e. The molecule has 2 N–H and O–H groups in total. The molecule has 0 radical (unpaired) electrons. The second-order valence-electron chi connectivity index (χ2n) is 4.84. The number of para-hydroxylation sites is 2. The van der Waals surface area contributed by atoms with Crippen LogP contribution in [-0.4, -0.2) is 4.98 Å². The molecule has 0 aliphatic heterocycles. The first-order valence-corrected chi connectivity index (χ1v) is 6.71. The van der Waals surface area contributed by atoms with Gasteiger partial charge in [0, 0.05) is 5.56 Å². The van der Waals surface area contributed by atoms with Gasteiger partial charge >= 0.3 is 0 Å². The minimum atomic E-state index is 0.323. The highest BCUT2D eigenvalue weighted by atomic mass is 16.5. The lowest BCUT2D eigenvalue weighted by atomic mass is 10.1. The van der Waals surface area contributed by atoms with E-state index >= 15 is 0 Å². The fourth-order valence-electron chi connectivity index (χ4n) is 1.97. The third-order valence-corrected chi connectivity index (χ3v) is 3.14. The molecule has 0 aliphatic carbocycles. The second kappa shape index (κ2) is 5.71. The summed E-state index contributed by atoms with van der Waals surface area (Å²) in [6.07, 6.45) is 1.61. The summed E-state index contributed by atoms with van der Waals surface area (Å²) in [5.74, 6) is 1.24. The lowest BCUT2D eigenvalue weighted by Gasteiger charge is -2.06. The van der Waals surface area contributed by atoms with E-state index in [9.17, 15) is 0 Å². The quantitative estimate of drug-likeness (QED) is 0.738. The predicted octanol–water partition coefficient (Wildman–Crippen LogP) is 3.81. The maximum Gasteiger partial charge on any atom is 0.226 e. The van der Waals surface area contributed by atoms with Gasteiger partial charge in [0.1, 0.15) is 24.3 Å². The van der Waals surface area contributed by atoms with E-state index in [0.29, 0.717) is 23.9 Å². The van der Waals surface area contributed by atoms with Crippen LogP contribution >= 0.6 is 0 Å². The third kappa shape index (κ3) is 3.05. The first-order valence-electron chi connectivity index (χ1n) is 6.71. The topological polar surface area (TPSA) is 61.3 Å². The van der Waals surface area contributed by atoms with Gasteiger partial charge < -0.3 is 14.9 Å². The summed E-state index contributed by atoms with van der Waals surface area (Å²) < 4.78 is 11.1. The second-order valence-corrected chi connectivity index (χ2v) is 4.84. The fourth-order valence-corrected chi connectivity index (χ4v) is 1.97. The molecular formula is C17H16N2O2. The number of nitrogen functional groups attached to an aromatic ring is 1. The number of aryl methyl sites for hydroxylation is 1. The Morgan fingerprint density at radius 1 is 1.10 bits per heavy atom. The number of nitrogens with zero attached hydrogens (tertiary/aromatic N) is 1. The molecule has 0 atom stereocenters. The van der Waals surface area contributed by atoms with Gasteiger partial charge in [-0.05, 0) is 31.2 Å². The van der Waals surface area contributed by atoms with Crippen LogP contribution in [0, 0.1) is 6.92 Å². The van der Waals surface area contributed by atoms with Gasteiger partial charge in [-0.3, -0.25) is 0 Å². The summed E-state index contributed by atoms with van der Waals surface area (Å²) in [5.41, 5.74) is 9.32. The fraction of sp³-hybridized carbons (Fsp3) is 0.118. The van der Waals surface area contributed by atoms with Crippen LogP contribution in [0.2, 0.25) is 0 Å². The monoisotopic (exact) mass is 280 g/mol. The Bertz CT molecular complexity index is 733. The van der Waals surface area contributed by atoms with E-state index in [4.69, 9.17) is 14.9 Å². The summed E-state index contributed by atoms with van der Waals surface area (Å²) in [4.78, 5) is 4.42. The van der Waals surface area contributed by atoms with Crippen LogP contribution in [-0.2, 0) is 6.61 Å². The molecule has 0 saturated carbocycles. The van der Waals surface area contributed by atoms with Crippen LogP contribution in [0.1, 0.15) is 11.3 Å². The normalized spacial score (nSPS) is 10.5. The Hall–Kier alpha value is -2.75. The van der Waals surface area contributed by atoms with Crippen LogP contribution < -0.4 is 10.5 Å². The van der Waals surface area contributed by atoms with Crippen LogP contribution in [0.4, 0.5) is 5.69 Å². The molecule has 3 aromatic rings. The number of ether oxygens (including phenoxy) is 1. The van der Waals surface area contributed by atoms with Crippen molar-refractivity contribution >= 4 is 5.69 Å². The summed E-state index contributed by atoms with van der Waals surface area (Å²) >= 11 is 0. The number of anilines is 1. The van der Waals surface area contributed by atoms with Crippen LogP contribution in [0.15, 0.2) is 59.2 Å². The standard InChI is InChI=1S/C17H16N2O2/c1-12-6-8-13(9-7-12)17-19-14(11-21-17)10-20-16-5-3-2-4-15(16)18/h2-9,11H,10,18H2,1H3. The molecule has 21 heavy (non-hydrogen) atoms. The highest BCUT2D eigenvalue weighted by Crippen LogP contribution is 2.22. The molecule has 1 aromatic heterocycles.